The second-order valence-electron chi connectivity index (χ2n) is 6.53. The third kappa shape index (κ3) is 4.09. The van der Waals surface area contributed by atoms with E-state index in [9.17, 15) is 9.59 Å². The number of hydrogen-bond acceptors (Lipinski definition) is 4. The lowest BCUT2D eigenvalue weighted by Gasteiger charge is -2.36. The minimum absolute atomic E-state index is 0.0559. The van der Waals surface area contributed by atoms with Gasteiger partial charge in [0.2, 0.25) is 11.8 Å². The van der Waals surface area contributed by atoms with E-state index in [2.05, 4.69) is 15.6 Å². The largest absolute Gasteiger partial charge is 0.356 e. The van der Waals surface area contributed by atoms with Gasteiger partial charge in [0.05, 0.1) is 12.1 Å². The van der Waals surface area contributed by atoms with Crippen LogP contribution in [0.15, 0.2) is 12.4 Å². The molecule has 1 saturated carbocycles. The van der Waals surface area contributed by atoms with Gasteiger partial charge in [0.1, 0.15) is 0 Å². The molecule has 0 unspecified atom stereocenters. The smallest absolute Gasteiger partial charge is 0.224 e. The monoisotopic (exact) mass is 319 g/mol. The molecule has 126 valence electrons. The SMILES string of the molecule is O=C(NCCCn1ccnn1)[C@@H]1CCC(=O)N(C2CCCC2)C1. The van der Waals surface area contributed by atoms with Crippen LogP contribution in [0, 0.1) is 5.92 Å². The fraction of sp³-hybridized carbons (Fsp3) is 0.750. The van der Waals surface area contributed by atoms with Crippen LogP contribution in [-0.2, 0) is 16.1 Å². The standard InChI is InChI=1S/C16H25N5O2/c22-15-7-6-13(12-21(15)14-4-1-2-5-14)16(23)17-8-3-10-20-11-9-18-19-20/h9,11,13-14H,1-8,10,12H2,(H,17,23)/t13-/m1/s1. The molecule has 0 aromatic carbocycles. The Morgan fingerprint density at radius 2 is 2.13 bits per heavy atom. The number of nitrogens with zero attached hydrogens (tertiary/aromatic N) is 4. The minimum atomic E-state index is -0.0559. The molecule has 0 bridgehead atoms. The molecule has 0 radical (unpaired) electrons. The molecule has 1 N–H and O–H groups in total. The molecule has 2 aliphatic rings. The van der Waals surface area contributed by atoms with Crippen LogP contribution in [0.1, 0.15) is 44.9 Å². The van der Waals surface area contributed by atoms with Crippen LogP contribution in [0.4, 0.5) is 0 Å². The quantitative estimate of drug-likeness (QED) is 0.792. The number of aryl methyl sites for hydroxylation is 1. The van der Waals surface area contributed by atoms with Crippen molar-refractivity contribution < 1.29 is 9.59 Å². The van der Waals surface area contributed by atoms with Crippen molar-refractivity contribution in [3.8, 4) is 0 Å². The van der Waals surface area contributed by atoms with Gasteiger partial charge in [-0.05, 0) is 25.7 Å². The zero-order valence-corrected chi connectivity index (χ0v) is 13.5. The van der Waals surface area contributed by atoms with Crippen LogP contribution in [0.5, 0.6) is 0 Å². The van der Waals surface area contributed by atoms with E-state index in [1.807, 2.05) is 11.1 Å². The number of carbonyl (C=O) groups is 2. The number of rotatable bonds is 6. The maximum absolute atomic E-state index is 12.3. The molecule has 7 heteroatoms. The summed E-state index contributed by atoms with van der Waals surface area (Å²) in [5.41, 5.74) is 0. The first-order valence-corrected chi connectivity index (χ1v) is 8.65. The number of likely N-dealkylation sites (tertiary alicyclic amines) is 1. The summed E-state index contributed by atoms with van der Waals surface area (Å²) in [5, 5.41) is 10.6. The summed E-state index contributed by atoms with van der Waals surface area (Å²) in [6.07, 6.45) is 10.1. The summed E-state index contributed by atoms with van der Waals surface area (Å²) >= 11 is 0. The number of hydrogen-bond donors (Lipinski definition) is 1. The average molecular weight is 319 g/mol. The lowest BCUT2D eigenvalue weighted by Crippen LogP contribution is -2.49. The third-order valence-electron chi connectivity index (χ3n) is 4.92. The van der Waals surface area contributed by atoms with Crippen molar-refractivity contribution in [2.75, 3.05) is 13.1 Å². The summed E-state index contributed by atoms with van der Waals surface area (Å²) in [4.78, 5) is 26.4. The molecule has 1 aromatic rings. The van der Waals surface area contributed by atoms with E-state index in [1.54, 1.807) is 10.9 Å². The Morgan fingerprint density at radius 1 is 1.30 bits per heavy atom. The van der Waals surface area contributed by atoms with E-state index in [0.29, 0.717) is 32.0 Å². The number of nitrogens with one attached hydrogen (secondary N) is 1. The van der Waals surface area contributed by atoms with Crippen molar-refractivity contribution in [3.63, 3.8) is 0 Å². The van der Waals surface area contributed by atoms with Crippen molar-refractivity contribution >= 4 is 11.8 Å². The Kier molecular flexibility index (Phi) is 5.25. The Labute approximate surface area is 136 Å². The predicted octanol–water partition coefficient (Wildman–Crippen LogP) is 0.966. The summed E-state index contributed by atoms with van der Waals surface area (Å²) in [7, 11) is 0. The van der Waals surface area contributed by atoms with Gasteiger partial charge in [-0.3, -0.25) is 14.3 Å². The highest BCUT2D eigenvalue weighted by Crippen LogP contribution is 2.28. The normalized spacial score (nSPS) is 22.5. The molecule has 0 spiro atoms. The van der Waals surface area contributed by atoms with Gasteiger partial charge in [0, 0.05) is 38.3 Å². The lowest BCUT2D eigenvalue weighted by atomic mass is 9.95. The van der Waals surface area contributed by atoms with E-state index in [1.165, 1.54) is 12.8 Å². The molecule has 1 saturated heterocycles. The highest BCUT2D eigenvalue weighted by atomic mass is 16.2. The van der Waals surface area contributed by atoms with Crippen LogP contribution in [0.2, 0.25) is 0 Å². The van der Waals surface area contributed by atoms with Gasteiger partial charge in [-0.15, -0.1) is 5.10 Å². The van der Waals surface area contributed by atoms with Crippen LogP contribution in [-0.4, -0.2) is 50.8 Å². The molecule has 2 fully saturated rings. The Morgan fingerprint density at radius 3 is 2.87 bits per heavy atom. The summed E-state index contributed by atoms with van der Waals surface area (Å²) < 4.78 is 1.76. The molecule has 7 nitrogen and oxygen atoms in total. The number of piperidine rings is 1. The zero-order chi connectivity index (χ0) is 16.1. The van der Waals surface area contributed by atoms with Gasteiger partial charge in [0.25, 0.3) is 0 Å². The molecule has 2 heterocycles. The van der Waals surface area contributed by atoms with E-state index in [-0.39, 0.29) is 17.7 Å². The minimum Gasteiger partial charge on any atom is -0.356 e. The number of aromatic nitrogens is 3. The topological polar surface area (TPSA) is 80.1 Å². The van der Waals surface area contributed by atoms with Crippen molar-refractivity contribution in [3.05, 3.63) is 12.4 Å². The lowest BCUT2D eigenvalue weighted by molar-refractivity contribution is -0.140. The molecule has 1 aliphatic carbocycles. The van der Waals surface area contributed by atoms with Crippen molar-refractivity contribution in [1.82, 2.24) is 25.2 Å². The Bertz CT molecular complexity index is 525. The number of amides is 2. The van der Waals surface area contributed by atoms with Gasteiger partial charge in [-0.2, -0.15) is 0 Å². The molecular formula is C16H25N5O2. The molecule has 3 rings (SSSR count). The van der Waals surface area contributed by atoms with Crippen LogP contribution >= 0.6 is 0 Å². The molecule has 1 aliphatic heterocycles. The molecule has 1 aromatic heterocycles. The second-order valence-corrected chi connectivity index (χ2v) is 6.53. The zero-order valence-electron chi connectivity index (χ0n) is 13.5. The van der Waals surface area contributed by atoms with E-state index >= 15 is 0 Å². The van der Waals surface area contributed by atoms with Gasteiger partial charge >= 0.3 is 0 Å². The van der Waals surface area contributed by atoms with Crippen LogP contribution < -0.4 is 5.32 Å². The first-order valence-electron chi connectivity index (χ1n) is 8.65. The first kappa shape index (κ1) is 16.0. The second kappa shape index (κ2) is 7.57. The third-order valence-corrected chi connectivity index (χ3v) is 4.92. The summed E-state index contributed by atoms with van der Waals surface area (Å²) in [6.45, 7) is 1.97. The van der Waals surface area contributed by atoms with Gasteiger partial charge < -0.3 is 10.2 Å². The Balaban J connectivity index is 1.42. The fourth-order valence-electron chi connectivity index (χ4n) is 3.60. The number of carbonyl (C=O) groups excluding carboxylic acids is 2. The van der Waals surface area contributed by atoms with Gasteiger partial charge in [-0.1, -0.05) is 18.1 Å². The van der Waals surface area contributed by atoms with Crippen LogP contribution in [0.3, 0.4) is 0 Å². The molecule has 2 amide bonds. The summed E-state index contributed by atoms with van der Waals surface area (Å²) in [6, 6.07) is 0.366. The Hall–Kier alpha value is -1.92. The predicted molar refractivity (Wildman–Crippen MR) is 84.3 cm³/mol. The highest BCUT2D eigenvalue weighted by molar-refractivity contribution is 5.84. The average Bonchev–Trinajstić information content (AvgIpc) is 3.25. The van der Waals surface area contributed by atoms with E-state index < -0.39 is 0 Å². The van der Waals surface area contributed by atoms with Crippen molar-refractivity contribution in [2.45, 2.75) is 57.5 Å². The molecule has 1 atom stereocenters. The van der Waals surface area contributed by atoms with Gasteiger partial charge in [-0.25, -0.2) is 0 Å². The van der Waals surface area contributed by atoms with Crippen LogP contribution in [0.25, 0.3) is 0 Å². The molecular weight excluding hydrogens is 294 g/mol. The molecule has 23 heavy (non-hydrogen) atoms. The van der Waals surface area contributed by atoms with Crippen molar-refractivity contribution in [2.24, 2.45) is 5.92 Å². The summed E-state index contributed by atoms with van der Waals surface area (Å²) in [5.74, 6) is 0.255. The maximum atomic E-state index is 12.3. The van der Waals surface area contributed by atoms with Crippen molar-refractivity contribution in [1.29, 1.82) is 0 Å². The highest BCUT2D eigenvalue weighted by Gasteiger charge is 2.34. The first-order chi connectivity index (χ1) is 11.2. The fourth-order valence-corrected chi connectivity index (χ4v) is 3.60. The van der Waals surface area contributed by atoms with Gasteiger partial charge in [0.15, 0.2) is 0 Å². The maximum Gasteiger partial charge on any atom is 0.224 e. The van der Waals surface area contributed by atoms with E-state index in [0.717, 1.165) is 25.8 Å². The van der Waals surface area contributed by atoms with E-state index in [4.69, 9.17) is 0 Å².